The molecule has 1 aromatic rings. The summed E-state index contributed by atoms with van der Waals surface area (Å²) >= 11 is 0. The van der Waals surface area contributed by atoms with Gasteiger partial charge in [-0.3, -0.25) is 4.90 Å². The summed E-state index contributed by atoms with van der Waals surface area (Å²) in [6, 6.07) is 0.407. The van der Waals surface area contributed by atoms with Crippen molar-refractivity contribution in [3.63, 3.8) is 0 Å². The van der Waals surface area contributed by atoms with Crippen LogP contribution in [0.5, 0.6) is 0 Å². The van der Waals surface area contributed by atoms with Crippen molar-refractivity contribution in [2.45, 2.75) is 58.2 Å². The Labute approximate surface area is 122 Å². The number of aromatic nitrogens is 2. The maximum atomic E-state index is 6.38. The van der Waals surface area contributed by atoms with Crippen LogP contribution < -0.4 is 5.73 Å². The lowest BCUT2D eigenvalue weighted by molar-refractivity contribution is 0.130. The highest BCUT2D eigenvalue weighted by atomic mass is 15.2. The van der Waals surface area contributed by atoms with Gasteiger partial charge in [0.15, 0.2) is 0 Å². The molecule has 4 heteroatoms. The molecule has 4 nitrogen and oxygen atoms in total. The van der Waals surface area contributed by atoms with Gasteiger partial charge in [0.1, 0.15) is 5.82 Å². The third-order valence-corrected chi connectivity index (χ3v) is 5.16. The lowest BCUT2D eigenvalue weighted by Crippen LogP contribution is -2.45. The molecule has 0 amide bonds. The molecule has 0 radical (unpaired) electrons. The fraction of sp³-hybridized carbons (Fsp3) is 0.812. The van der Waals surface area contributed by atoms with Crippen LogP contribution in [0.2, 0.25) is 0 Å². The molecule has 0 saturated heterocycles. The molecule has 2 N–H and O–H groups in total. The molecule has 1 aromatic heterocycles. The Kier molecular flexibility index (Phi) is 4.41. The summed E-state index contributed by atoms with van der Waals surface area (Å²) in [5, 5.41) is 0. The largest absolute Gasteiger partial charge is 0.333 e. The third kappa shape index (κ3) is 3.07. The number of hydrogen-bond donors (Lipinski definition) is 1. The van der Waals surface area contributed by atoms with Crippen molar-refractivity contribution in [2.75, 3.05) is 13.1 Å². The molecule has 1 saturated carbocycles. The molecule has 3 unspecified atom stereocenters. The summed E-state index contributed by atoms with van der Waals surface area (Å²) in [6.45, 7) is 6.68. The normalized spacial score (nSPS) is 31.2. The zero-order valence-electron chi connectivity index (χ0n) is 12.7. The fourth-order valence-electron chi connectivity index (χ4n) is 3.98. The smallest absolute Gasteiger partial charge is 0.122 e. The van der Waals surface area contributed by atoms with Crippen LogP contribution in [0, 0.1) is 11.8 Å². The van der Waals surface area contributed by atoms with E-state index in [2.05, 4.69) is 27.6 Å². The summed E-state index contributed by atoms with van der Waals surface area (Å²) in [6.07, 6.45) is 10.6. The summed E-state index contributed by atoms with van der Waals surface area (Å²) in [5.41, 5.74) is 6.38. The molecule has 0 bridgehead atoms. The van der Waals surface area contributed by atoms with Crippen molar-refractivity contribution < 1.29 is 0 Å². The van der Waals surface area contributed by atoms with Crippen LogP contribution in [-0.4, -0.2) is 33.6 Å². The van der Waals surface area contributed by atoms with E-state index < -0.39 is 0 Å². The zero-order chi connectivity index (χ0) is 13.9. The zero-order valence-corrected chi connectivity index (χ0v) is 12.7. The average Bonchev–Trinajstić information content (AvgIpc) is 2.90. The molecule has 3 atom stereocenters. The van der Waals surface area contributed by atoms with Gasteiger partial charge in [0, 0.05) is 38.1 Å². The van der Waals surface area contributed by atoms with Gasteiger partial charge in [-0.05, 0) is 31.1 Å². The summed E-state index contributed by atoms with van der Waals surface area (Å²) in [7, 11) is 0. The van der Waals surface area contributed by atoms with E-state index in [-0.39, 0.29) is 0 Å². The monoisotopic (exact) mass is 276 g/mol. The molecule has 2 aliphatic rings. The van der Waals surface area contributed by atoms with Gasteiger partial charge in [-0.1, -0.05) is 19.8 Å². The molecule has 0 spiro atoms. The Bertz CT molecular complexity index is 428. The van der Waals surface area contributed by atoms with E-state index in [4.69, 9.17) is 5.73 Å². The molecule has 1 aliphatic carbocycles. The van der Waals surface area contributed by atoms with E-state index in [1.54, 1.807) is 0 Å². The Morgan fingerprint density at radius 1 is 1.35 bits per heavy atom. The lowest BCUT2D eigenvalue weighted by atomic mass is 9.76. The molecule has 20 heavy (non-hydrogen) atoms. The van der Waals surface area contributed by atoms with Crippen molar-refractivity contribution in [1.29, 1.82) is 0 Å². The van der Waals surface area contributed by atoms with Crippen LogP contribution in [-0.2, 0) is 13.1 Å². The maximum Gasteiger partial charge on any atom is 0.122 e. The third-order valence-electron chi connectivity index (χ3n) is 5.16. The van der Waals surface area contributed by atoms with Gasteiger partial charge in [-0.25, -0.2) is 4.98 Å². The second-order valence-corrected chi connectivity index (χ2v) is 6.66. The van der Waals surface area contributed by atoms with Gasteiger partial charge >= 0.3 is 0 Å². The molecule has 3 rings (SSSR count). The lowest BCUT2D eigenvalue weighted by Gasteiger charge is -2.38. The molecular weight excluding hydrogens is 248 g/mol. The molecule has 1 aliphatic heterocycles. The first-order valence-electron chi connectivity index (χ1n) is 8.24. The van der Waals surface area contributed by atoms with Gasteiger partial charge in [0.2, 0.25) is 0 Å². The number of nitrogens with zero attached hydrogens (tertiary/aromatic N) is 3. The van der Waals surface area contributed by atoms with Crippen molar-refractivity contribution in [2.24, 2.45) is 17.6 Å². The van der Waals surface area contributed by atoms with Crippen molar-refractivity contribution >= 4 is 0 Å². The summed E-state index contributed by atoms with van der Waals surface area (Å²) < 4.78 is 2.27. The predicted molar refractivity (Wildman–Crippen MR) is 81.2 cm³/mol. The van der Waals surface area contributed by atoms with E-state index in [9.17, 15) is 0 Å². The van der Waals surface area contributed by atoms with Gasteiger partial charge in [-0.2, -0.15) is 0 Å². The molecular formula is C16H28N4. The van der Waals surface area contributed by atoms with Crippen LogP contribution in [0.15, 0.2) is 12.4 Å². The highest BCUT2D eigenvalue weighted by Gasteiger charge is 2.30. The minimum Gasteiger partial charge on any atom is -0.333 e. The maximum absolute atomic E-state index is 6.38. The molecule has 0 aromatic carbocycles. The summed E-state index contributed by atoms with van der Waals surface area (Å²) in [4.78, 5) is 7.01. The second-order valence-electron chi connectivity index (χ2n) is 6.66. The topological polar surface area (TPSA) is 47.1 Å². The van der Waals surface area contributed by atoms with Crippen LogP contribution in [0.3, 0.4) is 0 Å². The van der Waals surface area contributed by atoms with Crippen molar-refractivity contribution in [3.05, 3.63) is 18.2 Å². The quantitative estimate of drug-likeness (QED) is 0.917. The van der Waals surface area contributed by atoms with E-state index in [1.807, 2.05) is 6.20 Å². The van der Waals surface area contributed by atoms with Crippen LogP contribution in [0.4, 0.5) is 0 Å². The standard InChI is InChI=1S/C16H28N4/c1-2-3-13-4-5-15(17)14(10-13)11-19-8-9-20-7-6-18-16(20)12-19/h6-7,13-15H,2-5,8-12,17H2,1H3. The molecule has 2 heterocycles. The van der Waals surface area contributed by atoms with Crippen molar-refractivity contribution in [1.82, 2.24) is 14.5 Å². The van der Waals surface area contributed by atoms with Gasteiger partial charge in [-0.15, -0.1) is 0 Å². The van der Waals surface area contributed by atoms with Crippen molar-refractivity contribution in [3.8, 4) is 0 Å². The van der Waals surface area contributed by atoms with Gasteiger partial charge in [0.25, 0.3) is 0 Å². The number of rotatable bonds is 4. The average molecular weight is 276 g/mol. The van der Waals surface area contributed by atoms with Crippen LogP contribution in [0.25, 0.3) is 0 Å². The van der Waals surface area contributed by atoms with E-state index >= 15 is 0 Å². The second kappa shape index (κ2) is 6.27. The van der Waals surface area contributed by atoms with Crippen LogP contribution >= 0.6 is 0 Å². The number of fused-ring (bicyclic) bond motifs is 1. The predicted octanol–water partition coefficient (Wildman–Crippen LogP) is 2.24. The van der Waals surface area contributed by atoms with Gasteiger partial charge in [0.05, 0.1) is 6.54 Å². The SMILES string of the molecule is CCCC1CCC(N)C(CN2CCn3ccnc3C2)C1. The van der Waals surface area contributed by atoms with E-state index in [0.717, 1.165) is 32.1 Å². The number of hydrogen-bond acceptors (Lipinski definition) is 3. The minimum atomic E-state index is 0.407. The Morgan fingerprint density at radius 2 is 2.25 bits per heavy atom. The molecule has 112 valence electrons. The molecule has 1 fully saturated rings. The van der Waals surface area contributed by atoms with E-state index in [1.165, 1.54) is 37.9 Å². The highest BCUT2D eigenvalue weighted by Crippen LogP contribution is 2.32. The first-order valence-corrected chi connectivity index (χ1v) is 8.24. The first kappa shape index (κ1) is 14.1. The number of imidazole rings is 1. The Hall–Kier alpha value is -0.870. The van der Waals surface area contributed by atoms with Crippen LogP contribution in [0.1, 0.15) is 44.9 Å². The minimum absolute atomic E-state index is 0.407. The Morgan fingerprint density at radius 3 is 3.10 bits per heavy atom. The first-order chi connectivity index (χ1) is 9.76. The van der Waals surface area contributed by atoms with E-state index in [0.29, 0.717) is 12.0 Å². The Balaban J connectivity index is 1.57. The highest BCUT2D eigenvalue weighted by molar-refractivity contribution is 4.96. The fourth-order valence-corrected chi connectivity index (χ4v) is 3.98. The summed E-state index contributed by atoms with van der Waals surface area (Å²) in [5.74, 6) is 2.81. The number of nitrogens with two attached hydrogens (primary N) is 1. The van der Waals surface area contributed by atoms with Gasteiger partial charge < -0.3 is 10.3 Å².